The van der Waals surface area contributed by atoms with Crippen LogP contribution in [0.15, 0.2) is 23.0 Å². The van der Waals surface area contributed by atoms with Crippen LogP contribution in [0.4, 0.5) is 0 Å². The van der Waals surface area contributed by atoms with Crippen molar-refractivity contribution in [1.82, 2.24) is 15.0 Å². The quantitative estimate of drug-likeness (QED) is 0.823. The average Bonchev–Trinajstić information content (AvgIpc) is 2.85. The molecule has 0 unspecified atom stereocenters. The van der Waals surface area contributed by atoms with Gasteiger partial charge in [0, 0.05) is 19.2 Å². The van der Waals surface area contributed by atoms with E-state index in [0.29, 0.717) is 6.54 Å². The fraction of sp³-hybridized carbons (Fsp3) is 0.400. The predicted molar refractivity (Wildman–Crippen MR) is 60.8 cm³/mol. The van der Waals surface area contributed by atoms with Crippen LogP contribution in [-0.4, -0.2) is 21.5 Å². The largest absolute Gasteiger partial charge is 0.330 e. The molecule has 0 saturated heterocycles. The van der Waals surface area contributed by atoms with E-state index in [1.165, 1.54) is 5.56 Å². The number of aryl methyl sites for hydroxylation is 2. The molecule has 15 heavy (non-hydrogen) atoms. The zero-order valence-corrected chi connectivity index (χ0v) is 9.28. The fourth-order valence-corrected chi connectivity index (χ4v) is 2.09. The van der Waals surface area contributed by atoms with Gasteiger partial charge in [-0.3, -0.25) is 4.68 Å². The standard InChI is InChI=1S/C10H14N4S/c11-4-1-10-7-14(13-12-10)5-2-9-3-6-15-8-9/h3,6-8H,1-2,4-5,11H2. The van der Waals surface area contributed by atoms with E-state index in [0.717, 1.165) is 25.1 Å². The topological polar surface area (TPSA) is 56.7 Å². The van der Waals surface area contributed by atoms with Crippen LogP contribution >= 0.6 is 11.3 Å². The molecule has 2 rings (SSSR count). The molecule has 0 aliphatic rings. The maximum absolute atomic E-state index is 5.45. The normalized spacial score (nSPS) is 10.7. The van der Waals surface area contributed by atoms with Crippen LogP contribution in [0.5, 0.6) is 0 Å². The smallest absolute Gasteiger partial charge is 0.0839 e. The first kappa shape index (κ1) is 10.3. The first-order valence-corrected chi connectivity index (χ1v) is 5.93. The van der Waals surface area contributed by atoms with Crippen LogP contribution in [0.2, 0.25) is 0 Å². The molecule has 0 fully saturated rings. The number of hydrogen-bond donors (Lipinski definition) is 1. The molecule has 2 N–H and O–H groups in total. The lowest BCUT2D eigenvalue weighted by Gasteiger charge is -1.97. The van der Waals surface area contributed by atoms with E-state index >= 15 is 0 Å². The molecule has 0 atom stereocenters. The molecule has 0 aliphatic heterocycles. The van der Waals surface area contributed by atoms with Crippen molar-refractivity contribution in [2.24, 2.45) is 5.73 Å². The molecule has 0 saturated carbocycles. The van der Waals surface area contributed by atoms with Gasteiger partial charge in [0.05, 0.1) is 5.69 Å². The molecule has 2 heterocycles. The van der Waals surface area contributed by atoms with Gasteiger partial charge in [-0.2, -0.15) is 11.3 Å². The summed E-state index contributed by atoms with van der Waals surface area (Å²) in [6.45, 7) is 1.51. The molecule has 0 aliphatic carbocycles. The first-order chi connectivity index (χ1) is 7.38. The van der Waals surface area contributed by atoms with Gasteiger partial charge in [0.1, 0.15) is 0 Å². The second-order valence-electron chi connectivity index (χ2n) is 3.39. The second-order valence-corrected chi connectivity index (χ2v) is 4.17. The van der Waals surface area contributed by atoms with Crippen molar-refractivity contribution in [1.29, 1.82) is 0 Å². The van der Waals surface area contributed by atoms with Crippen molar-refractivity contribution in [2.75, 3.05) is 6.54 Å². The van der Waals surface area contributed by atoms with E-state index < -0.39 is 0 Å². The van der Waals surface area contributed by atoms with Crippen molar-refractivity contribution in [3.8, 4) is 0 Å². The number of thiophene rings is 1. The lowest BCUT2D eigenvalue weighted by atomic mass is 10.2. The minimum atomic E-state index is 0.628. The Labute approximate surface area is 92.7 Å². The Morgan fingerprint density at radius 1 is 1.40 bits per heavy atom. The van der Waals surface area contributed by atoms with Gasteiger partial charge < -0.3 is 5.73 Å². The monoisotopic (exact) mass is 222 g/mol. The van der Waals surface area contributed by atoms with Crippen molar-refractivity contribution >= 4 is 11.3 Å². The number of rotatable bonds is 5. The molecule has 2 aromatic heterocycles. The lowest BCUT2D eigenvalue weighted by Crippen LogP contribution is -2.03. The summed E-state index contributed by atoms with van der Waals surface area (Å²) in [6, 6.07) is 2.14. The third-order valence-corrected chi connectivity index (χ3v) is 2.93. The number of aromatic nitrogens is 3. The van der Waals surface area contributed by atoms with E-state index in [-0.39, 0.29) is 0 Å². The van der Waals surface area contributed by atoms with Gasteiger partial charge in [0.15, 0.2) is 0 Å². The lowest BCUT2D eigenvalue weighted by molar-refractivity contribution is 0.589. The molecular weight excluding hydrogens is 208 g/mol. The van der Waals surface area contributed by atoms with Crippen molar-refractivity contribution in [3.05, 3.63) is 34.3 Å². The van der Waals surface area contributed by atoms with Crippen LogP contribution in [0.1, 0.15) is 11.3 Å². The summed E-state index contributed by atoms with van der Waals surface area (Å²) >= 11 is 1.73. The van der Waals surface area contributed by atoms with E-state index in [1.54, 1.807) is 11.3 Å². The summed E-state index contributed by atoms with van der Waals surface area (Å²) < 4.78 is 1.88. The van der Waals surface area contributed by atoms with Gasteiger partial charge in [-0.1, -0.05) is 5.21 Å². The molecule has 5 heteroatoms. The molecule has 80 valence electrons. The Hall–Kier alpha value is -1.20. The minimum Gasteiger partial charge on any atom is -0.330 e. The van der Waals surface area contributed by atoms with E-state index in [9.17, 15) is 0 Å². The molecule has 4 nitrogen and oxygen atoms in total. The maximum Gasteiger partial charge on any atom is 0.0839 e. The molecule has 0 amide bonds. The molecule has 2 aromatic rings. The molecule has 0 bridgehead atoms. The molecule has 0 aromatic carbocycles. The molecular formula is C10H14N4S. The zero-order valence-electron chi connectivity index (χ0n) is 8.47. The summed E-state index contributed by atoms with van der Waals surface area (Å²) in [5, 5.41) is 12.3. The highest BCUT2D eigenvalue weighted by molar-refractivity contribution is 7.07. The highest BCUT2D eigenvalue weighted by Gasteiger charge is 2.00. The minimum absolute atomic E-state index is 0.628. The van der Waals surface area contributed by atoms with Crippen molar-refractivity contribution in [3.63, 3.8) is 0 Å². The third-order valence-electron chi connectivity index (χ3n) is 2.20. The Morgan fingerprint density at radius 3 is 3.07 bits per heavy atom. The van der Waals surface area contributed by atoms with Crippen LogP contribution in [-0.2, 0) is 19.4 Å². The van der Waals surface area contributed by atoms with Gasteiger partial charge in [0.2, 0.25) is 0 Å². The van der Waals surface area contributed by atoms with Gasteiger partial charge in [-0.25, -0.2) is 0 Å². The Morgan fingerprint density at radius 2 is 2.33 bits per heavy atom. The van der Waals surface area contributed by atoms with Gasteiger partial charge in [-0.05, 0) is 35.4 Å². The first-order valence-electron chi connectivity index (χ1n) is 4.98. The van der Waals surface area contributed by atoms with Gasteiger partial charge in [0.25, 0.3) is 0 Å². The fourth-order valence-electron chi connectivity index (χ4n) is 1.39. The zero-order chi connectivity index (χ0) is 10.5. The van der Waals surface area contributed by atoms with Crippen molar-refractivity contribution in [2.45, 2.75) is 19.4 Å². The Kier molecular flexibility index (Phi) is 3.47. The summed E-state index contributed by atoms with van der Waals surface area (Å²) in [7, 11) is 0. The highest BCUT2D eigenvalue weighted by Crippen LogP contribution is 2.07. The van der Waals surface area contributed by atoms with E-state index in [4.69, 9.17) is 5.73 Å². The summed E-state index contributed by atoms with van der Waals surface area (Å²) in [5.41, 5.74) is 7.78. The highest BCUT2D eigenvalue weighted by atomic mass is 32.1. The van der Waals surface area contributed by atoms with Crippen LogP contribution in [0.3, 0.4) is 0 Å². The van der Waals surface area contributed by atoms with E-state index in [2.05, 4.69) is 27.1 Å². The molecule has 0 spiro atoms. The third kappa shape index (κ3) is 2.87. The maximum atomic E-state index is 5.45. The number of nitrogens with two attached hydrogens (primary N) is 1. The summed E-state index contributed by atoms with van der Waals surface area (Å²) in [6.07, 6.45) is 3.78. The predicted octanol–water partition coefficient (Wildman–Crippen LogP) is 1.08. The van der Waals surface area contributed by atoms with Crippen LogP contribution < -0.4 is 5.73 Å². The van der Waals surface area contributed by atoms with Gasteiger partial charge >= 0.3 is 0 Å². The second kappa shape index (κ2) is 5.04. The SMILES string of the molecule is NCCc1cn(CCc2ccsc2)nn1. The van der Waals surface area contributed by atoms with Crippen LogP contribution in [0, 0.1) is 0 Å². The Bertz CT molecular complexity index is 393. The number of nitrogens with zero attached hydrogens (tertiary/aromatic N) is 3. The number of hydrogen-bond acceptors (Lipinski definition) is 4. The molecule has 0 radical (unpaired) electrons. The van der Waals surface area contributed by atoms with Crippen LogP contribution in [0.25, 0.3) is 0 Å². The van der Waals surface area contributed by atoms with E-state index in [1.807, 2.05) is 10.9 Å². The summed E-state index contributed by atoms with van der Waals surface area (Å²) in [4.78, 5) is 0. The summed E-state index contributed by atoms with van der Waals surface area (Å²) in [5.74, 6) is 0. The van der Waals surface area contributed by atoms with Crippen molar-refractivity contribution < 1.29 is 0 Å². The average molecular weight is 222 g/mol. The Balaban J connectivity index is 1.88. The van der Waals surface area contributed by atoms with Gasteiger partial charge in [-0.15, -0.1) is 5.10 Å².